The molecule has 0 unspecified atom stereocenters. The normalized spacial score (nSPS) is 11.7. The lowest BCUT2D eigenvalue weighted by molar-refractivity contribution is 0.628. The van der Waals surface area contributed by atoms with Gasteiger partial charge in [0.05, 0.1) is 16.9 Å². The van der Waals surface area contributed by atoms with Gasteiger partial charge in [0.1, 0.15) is 10.8 Å². The molecule has 2 aromatic heterocycles. The Morgan fingerprint density at radius 3 is 2.85 bits per heavy atom. The lowest BCUT2D eigenvalue weighted by atomic mass is 10.1. The molecule has 0 amide bonds. The zero-order valence-corrected chi connectivity index (χ0v) is 12.7. The van der Waals surface area contributed by atoms with E-state index in [-0.39, 0.29) is 5.82 Å². The summed E-state index contributed by atoms with van der Waals surface area (Å²) in [5.74, 6) is 0.217. The number of imidazole rings is 1. The van der Waals surface area contributed by atoms with Crippen molar-refractivity contribution in [3.63, 3.8) is 0 Å². The first-order valence-corrected chi connectivity index (χ1v) is 7.53. The van der Waals surface area contributed by atoms with Crippen LogP contribution in [0, 0.1) is 11.7 Å². The van der Waals surface area contributed by atoms with Crippen LogP contribution >= 0.6 is 22.9 Å². The molecule has 6 heteroatoms. The molecule has 20 heavy (non-hydrogen) atoms. The van der Waals surface area contributed by atoms with E-state index < -0.39 is 0 Å². The molecule has 0 fully saturated rings. The van der Waals surface area contributed by atoms with Crippen LogP contribution in [0.25, 0.3) is 16.2 Å². The number of benzene rings is 1. The van der Waals surface area contributed by atoms with Gasteiger partial charge in [0, 0.05) is 12.0 Å². The highest BCUT2D eigenvalue weighted by molar-refractivity contribution is 7.16. The lowest BCUT2D eigenvalue weighted by Crippen LogP contribution is -1.94. The van der Waals surface area contributed by atoms with E-state index in [9.17, 15) is 4.39 Å². The smallest absolute Gasteiger partial charge is 0.212 e. The van der Waals surface area contributed by atoms with Crippen LogP contribution < -0.4 is 0 Å². The lowest BCUT2D eigenvalue weighted by Gasteiger charge is -2.00. The molecule has 0 spiro atoms. The van der Waals surface area contributed by atoms with Crippen LogP contribution in [0.15, 0.2) is 24.4 Å². The Labute approximate surface area is 125 Å². The highest BCUT2D eigenvalue weighted by Gasteiger charge is 2.13. The first-order chi connectivity index (χ1) is 9.52. The third-order valence-corrected chi connectivity index (χ3v) is 4.13. The maximum Gasteiger partial charge on any atom is 0.212 e. The van der Waals surface area contributed by atoms with Crippen molar-refractivity contribution in [1.29, 1.82) is 0 Å². The van der Waals surface area contributed by atoms with E-state index in [2.05, 4.69) is 23.9 Å². The quantitative estimate of drug-likeness (QED) is 0.715. The standard InChI is InChI=1S/C14H13ClFN3S/c1-8(2)5-13-18-19-7-12(17-14(19)20-13)10-4-3-9(16)6-11(10)15/h3-4,6-8H,5H2,1-2H3. The SMILES string of the molecule is CC(C)Cc1nn2cc(-c3ccc(F)cc3Cl)nc2s1. The van der Waals surface area contributed by atoms with Gasteiger partial charge in [0.25, 0.3) is 0 Å². The molecule has 0 saturated heterocycles. The second kappa shape index (κ2) is 5.14. The predicted octanol–water partition coefficient (Wildman–Crippen LogP) is 4.45. The van der Waals surface area contributed by atoms with Gasteiger partial charge in [-0.3, -0.25) is 0 Å². The van der Waals surface area contributed by atoms with Crippen molar-refractivity contribution in [3.05, 3.63) is 40.2 Å². The van der Waals surface area contributed by atoms with Crippen LogP contribution in [-0.2, 0) is 6.42 Å². The highest BCUT2D eigenvalue weighted by Crippen LogP contribution is 2.29. The molecule has 0 aliphatic heterocycles. The number of nitrogens with zero attached hydrogens (tertiary/aromatic N) is 3. The summed E-state index contributed by atoms with van der Waals surface area (Å²) in [6.07, 6.45) is 2.77. The Morgan fingerprint density at radius 1 is 1.40 bits per heavy atom. The summed E-state index contributed by atoms with van der Waals surface area (Å²) >= 11 is 7.63. The zero-order valence-electron chi connectivity index (χ0n) is 11.1. The van der Waals surface area contributed by atoms with Crippen molar-refractivity contribution in [1.82, 2.24) is 14.6 Å². The maximum absolute atomic E-state index is 13.1. The monoisotopic (exact) mass is 309 g/mol. The summed E-state index contributed by atoms with van der Waals surface area (Å²) in [5, 5.41) is 5.93. The van der Waals surface area contributed by atoms with Crippen molar-refractivity contribution >= 4 is 27.9 Å². The minimum Gasteiger partial charge on any atom is -0.217 e. The van der Waals surface area contributed by atoms with E-state index in [1.165, 1.54) is 12.1 Å². The molecule has 0 aliphatic rings. The molecule has 0 N–H and O–H groups in total. The second-order valence-corrected chi connectivity index (χ2v) is 6.52. The maximum atomic E-state index is 13.1. The molecule has 3 aromatic rings. The number of halogens is 2. The fourth-order valence-electron chi connectivity index (χ4n) is 2.00. The van der Waals surface area contributed by atoms with Crippen LogP contribution in [0.3, 0.4) is 0 Å². The number of aromatic nitrogens is 3. The Morgan fingerprint density at radius 2 is 2.20 bits per heavy atom. The van der Waals surface area contributed by atoms with E-state index in [0.29, 0.717) is 16.6 Å². The third kappa shape index (κ3) is 2.55. The van der Waals surface area contributed by atoms with Gasteiger partial charge in [0.2, 0.25) is 4.96 Å². The third-order valence-electron chi connectivity index (χ3n) is 2.87. The molecule has 3 nitrogen and oxygen atoms in total. The topological polar surface area (TPSA) is 30.2 Å². The summed E-state index contributed by atoms with van der Waals surface area (Å²) in [4.78, 5) is 5.34. The van der Waals surface area contributed by atoms with Crippen LogP contribution in [0.4, 0.5) is 4.39 Å². The minimum atomic E-state index is -0.350. The van der Waals surface area contributed by atoms with Gasteiger partial charge in [-0.15, -0.1) is 0 Å². The van der Waals surface area contributed by atoms with Crippen molar-refractivity contribution in [2.24, 2.45) is 5.92 Å². The molecular weight excluding hydrogens is 297 g/mol. The summed E-state index contributed by atoms with van der Waals surface area (Å²) in [7, 11) is 0. The van der Waals surface area contributed by atoms with Gasteiger partial charge >= 0.3 is 0 Å². The van der Waals surface area contributed by atoms with Crippen LogP contribution in [0.5, 0.6) is 0 Å². The predicted molar refractivity (Wildman–Crippen MR) is 79.8 cm³/mol. The van der Waals surface area contributed by atoms with Crippen LogP contribution in [-0.4, -0.2) is 14.6 Å². The van der Waals surface area contributed by atoms with Crippen molar-refractivity contribution < 1.29 is 4.39 Å². The zero-order chi connectivity index (χ0) is 14.3. The van der Waals surface area contributed by atoms with Gasteiger partial charge < -0.3 is 0 Å². The minimum absolute atomic E-state index is 0.350. The molecule has 2 heterocycles. The molecule has 0 radical (unpaired) electrons. The van der Waals surface area contributed by atoms with E-state index in [1.807, 2.05) is 6.20 Å². The first kappa shape index (κ1) is 13.5. The number of hydrogen-bond acceptors (Lipinski definition) is 3. The number of fused-ring (bicyclic) bond motifs is 1. The largest absolute Gasteiger partial charge is 0.217 e. The Bertz CT molecular complexity index is 731. The van der Waals surface area contributed by atoms with Gasteiger partial charge in [-0.25, -0.2) is 13.9 Å². The van der Waals surface area contributed by atoms with Crippen molar-refractivity contribution in [2.45, 2.75) is 20.3 Å². The van der Waals surface area contributed by atoms with Gasteiger partial charge in [-0.2, -0.15) is 5.10 Å². The fraction of sp³-hybridized carbons (Fsp3) is 0.286. The van der Waals surface area contributed by atoms with Gasteiger partial charge in [0.15, 0.2) is 0 Å². The van der Waals surface area contributed by atoms with Crippen LogP contribution in [0.1, 0.15) is 18.9 Å². The summed E-state index contributed by atoms with van der Waals surface area (Å²) < 4.78 is 14.8. The average molecular weight is 310 g/mol. The Hall–Kier alpha value is -1.46. The molecular formula is C14H13ClFN3S. The van der Waals surface area contributed by atoms with E-state index in [4.69, 9.17) is 11.6 Å². The molecule has 1 aromatic carbocycles. The number of hydrogen-bond donors (Lipinski definition) is 0. The number of rotatable bonds is 3. The van der Waals surface area contributed by atoms with E-state index >= 15 is 0 Å². The molecule has 0 bridgehead atoms. The molecule has 0 atom stereocenters. The summed E-state index contributed by atoms with van der Waals surface area (Å²) in [6, 6.07) is 4.31. The summed E-state index contributed by atoms with van der Waals surface area (Å²) in [6.45, 7) is 4.32. The Kier molecular flexibility index (Phi) is 3.48. The molecule has 0 saturated carbocycles. The molecule has 3 rings (SSSR count). The summed E-state index contributed by atoms with van der Waals surface area (Å²) in [5.41, 5.74) is 1.43. The van der Waals surface area contributed by atoms with Gasteiger partial charge in [-0.05, 0) is 24.1 Å². The average Bonchev–Trinajstić information content (AvgIpc) is 2.85. The first-order valence-electron chi connectivity index (χ1n) is 6.33. The van der Waals surface area contributed by atoms with Crippen molar-refractivity contribution in [2.75, 3.05) is 0 Å². The molecule has 104 valence electrons. The molecule has 0 aliphatic carbocycles. The fourth-order valence-corrected chi connectivity index (χ4v) is 3.35. The highest BCUT2D eigenvalue weighted by atomic mass is 35.5. The van der Waals surface area contributed by atoms with Crippen molar-refractivity contribution in [3.8, 4) is 11.3 Å². The van der Waals surface area contributed by atoms with E-state index in [1.54, 1.807) is 21.9 Å². The Balaban J connectivity index is 1.99. The second-order valence-electron chi connectivity index (χ2n) is 5.07. The van der Waals surface area contributed by atoms with Gasteiger partial charge in [-0.1, -0.05) is 36.8 Å². The van der Waals surface area contributed by atoms with Crippen LogP contribution in [0.2, 0.25) is 5.02 Å². The van der Waals surface area contributed by atoms with E-state index in [0.717, 1.165) is 22.0 Å².